The second-order valence-electron chi connectivity index (χ2n) is 4.99. The van der Waals surface area contributed by atoms with Crippen molar-refractivity contribution in [2.45, 2.75) is 26.4 Å². The van der Waals surface area contributed by atoms with Gasteiger partial charge in [-0.05, 0) is 31.5 Å². The lowest BCUT2D eigenvalue weighted by molar-refractivity contribution is 0.179. The summed E-state index contributed by atoms with van der Waals surface area (Å²) in [7, 11) is 4.92. The fourth-order valence-electron chi connectivity index (χ4n) is 2.03. The van der Waals surface area contributed by atoms with Gasteiger partial charge in [0.05, 0.1) is 27.4 Å². The minimum Gasteiger partial charge on any atom is -0.493 e. The average molecular weight is 388 g/mol. The van der Waals surface area contributed by atoms with E-state index in [4.69, 9.17) is 14.2 Å². The van der Waals surface area contributed by atoms with Crippen molar-refractivity contribution in [1.29, 1.82) is 0 Å². The molecule has 0 aromatic heterocycles. The molecular weight excluding hydrogens is 362 g/mol. The van der Waals surface area contributed by atoms with Gasteiger partial charge in [-0.25, -0.2) is 4.99 Å². The highest BCUT2D eigenvalue weighted by Gasteiger charge is 2.10. The van der Waals surface area contributed by atoms with E-state index in [1.54, 1.807) is 21.3 Å². The van der Waals surface area contributed by atoms with Gasteiger partial charge in [0.2, 0.25) is 0 Å². The van der Waals surface area contributed by atoms with Crippen LogP contribution >= 0.6 is 15.9 Å². The maximum Gasteiger partial charge on any atom is 0.191 e. The van der Waals surface area contributed by atoms with Crippen molar-refractivity contribution >= 4 is 21.9 Å². The third-order valence-corrected chi connectivity index (χ3v) is 3.84. The van der Waals surface area contributed by atoms with E-state index in [0.29, 0.717) is 24.7 Å². The molecule has 130 valence electrons. The lowest BCUT2D eigenvalue weighted by Crippen LogP contribution is -2.43. The van der Waals surface area contributed by atoms with Gasteiger partial charge in [-0.3, -0.25) is 0 Å². The summed E-state index contributed by atoms with van der Waals surface area (Å²) in [6.45, 7) is 5.99. The molecule has 1 aromatic rings. The summed E-state index contributed by atoms with van der Waals surface area (Å²) >= 11 is 3.55. The molecule has 0 fully saturated rings. The maximum absolute atomic E-state index is 5.34. The molecule has 2 N–H and O–H groups in total. The van der Waals surface area contributed by atoms with E-state index in [0.717, 1.165) is 22.5 Å². The fraction of sp³-hybridized carbons (Fsp3) is 0.562. The molecule has 0 heterocycles. The van der Waals surface area contributed by atoms with Crippen molar-refractivity contribution in [3.05, 3.63) is 22.2 Å². The molecule has 0 aliphatic carbocycles. The lowest BCUT2D eigenvalue weighted by Gasteiger charge is -2.17. The van der Waals surface area contributed by atoms with Crippen LogP contribution in [0.4, 0.5) is 0 Å². The lowest BCUT2D eigenvalue weighted by atomic mass is 10.2. The van der Waals surface area contributed by atoms with Crippen molar-refractivity contribution in [3.63, 3.8) is 0 Å². The van der Waals surface area contributed by atoms with Crippen LogP contribution in [0, 0.1) is 0 Å². The largest absolute Gasteiger partial charge is 0.493 e. The van der Waals surface area contributed by atoms with Crippen molar-refractivity contribution in [1.82, 2.24) is 10.6 Å². The molecular formula is C16H26BrN3O3. The van der Waals surface area contributed by atoms with E-state index in [1.807, 2.05) is 26.0 Å². The van der Waals surface area contributed by atoms with Crippen molar-refractivity contribution in [2.24, 2.45) is 4.99 Å². The Morgan fingerprint density at radius 2 is 1.87 bits per heavy atom. The molecule has 6 nitrogen and oxygen atoms in total. The number of guanidine groups is 1. The van der Waals surface area contributed by atoms with Crippen LogP contribution in [0.2, 0.25) is 0 Å². The number of hydrogen-bond acceptors (Lipinski definition) is 4. The Balaban J connectivity index is 2.90. The first-order valence-corrected chi connectivity index (χ1v) is 8.29. The van der Waals surface area contributed by atoms with Gasteiger partial charge >= 0.3 is 0 Å². The molecule has 0 amide bonds. The van der Waals surface area contributed by atoms with Gasteiger partial charge in [-0.1, -0.05) is 15.9 Å². The molecule has 0 aliphatic heterocycles. The van der Waals surface area contributed by atoms with Crippen molar-refractivity contribution in [2.75, 3.05) is 34.5 Å². The van der Waals surface area contributed by atoms with E-state index >= 15 is 0 Å². The molecule has 0 radical (unpaired) electrons. The van der Waals surface area contributed by atoms with Crippen LogP contribution < -0.4 is 20.1 Å². The number of ether oxygens (including phenoxy) is 3. The summed E-state index contributed by atoms with van der Waals surface area (Å²) in [5.41, 5.74) is 1.01. The second kappa shape index (κ2) is 10.3. The Morgan fingerprint density at radius 3 is 2.43 bits per heavy atom. The zero-order valence-corrected chi connectivity index (χ0v) is 16.0. The minimum atomic E-state index is 0.173. The summed E-state index contributed by atoms with van der Waals surface area (Å²) in [5, 5.41) is 6.53. The van der Waals surface area contributed by atoms with Gasteiger partial charge in [-0.15, -0.1) is 0 Å². The van der Waals surface area contributed by atoms with Gasteiger partial charge in [0, 0.05) is 24.2 Å². The van der Waals surface area contributed by atoms with E-state index in [1.165, 1.54) is 0 Å². The van der Waals surface area contributed by atoms with Crippen LogP contribution in [-0.4, -0.2) is 46.5 Å². The number of nitrogens with zero attached hydrogens (tertiary/aromatic N) is 1. The molecule has 1 unspecified atom stereocenters. The first-order chi connectivity index (χ1) is 11.0. The summed E-state index contributed by atoms with van der Waals surface area (Å²) < 4.78 is 16.7. The SMILES string of the molecule is CCNC(=NCc1cc(OC)c(OC)cc1Br)NC(C)COC. The van der Waals surface area contributed by atoms with Gasteiger partial charge in [-0.2, -0.15) is 0 Å². The molecule has 1 aromatic carbocycles. The van der Waals surface area contributed by atoms with E-state index in [9.17, 15) is 0 Å². The number of halogens is 1. The van der Waals surface area contributed by atoms with Gasteiger partial charge in [0.15, 0.2) is 17.5 Å². The number of aliphatic imine (C=N–C) groups is 1. The van der Waals surface area contributed by atoms with E-state index in [2.05, 4.69) is 31.6 Å². The number of benzene rings is 1. The number of methoxy groups -OCH3 is 3. The second-order valence-corrected chi connectivity index (χ2v) is 5.85. The predicted octanol–water partition coefficient (Wildman–Crippen LogP) is 2.56. The van der Waals surface area contributed by atoms with E-state index < -0.39 is 0 Å². The Hall–Kier alpha value is -1.47. The molecule has 0 saturated carbocycles. The number of hydrogen-bond donors (Lipinski definition) is 2. The normalized spacial score (nSPS) is 12.7. The fourth-order valence-corrected chi connectivity index (χ4v) is 2.47. The molecule has 0 spiro atoms. The van der Waals surface area contributed by atoms with Gasteiger partial charge in [0.1, 0.15) is 0 Å². The van der Waals surface area contributed by atoms with Crippen LogP contribution in [-0.2, 0) is 11.3 Å². The van der Waals surface area contributed by atoms with Crippen LogP contribution in [0.5, 0.6) is 11.5 Å². The Labute approximate surface area is 146 Å². The topological polar surface area (TPSA) is 64.1 Å². The van der Waals surface area contributed by atoms with Gasteiger partial charge in [0.25, 0.3) is 0 Å². The maximum atomic E-state index is 5.34. The molecule has 1 rings (SSSR count). The minimum absolute atomic E-state index is 0.173. The molecule has 0 bridgehead atoms. The van der Waals surface area contributed by atoms with Gasteiger partial charge < -0.3 is 24.8 Å². The highest BCUT2D eigenvalue weighted by Crippen LogP contribution is 2.33. The van der Waals surface area contributed by atoms with Crippen molar-refractivity contribution < 1.29 is 14.2 Å². The summed E-state index contributed by atoms with van der Waals surface area (Å²) in [5.74, 6) is 2.12. The molecule has 23 heavy (non-hydrogen) atoms. The number of nitrogens with one attached hydrogen (secondary N) is 2. The summed E-state index contributed by atoms with van der Waals surface area (Å²) in [4.78, 5) is 4.61. The molecule has 7 heteroatoms. The standard InChI is InChI=1S/C16H26BrN3O3/c1-6-18-16(20-11(2)10-21-3)19-9-12-7-14(22-4)15(23-5)8-13(12)17/h7-8,11H,6,9-10H2,1-5H3,(H2,18,19,20). The molecule has 0 aliphatic rings. The van der Waals surface area contributed by atoms with Crippen LogP contribution in [0.25, 0.3) is 0 Å². The highest BCUT2D eigenvalue weighted by atomic mass is 79.9. The smallest absolute Gasteiger partial charge is 0.191 e. The Kier molecular flexibility index (Phi) is 8.79. The first-order valence-electron chi connectivity index (χ1n) is 7.49. The Morgan fingerprint density at radius 1 is 1.22 bits per heavy atom. The summed E-state index contributed by atoms with van der Waals surface area (Å²) in [6, 6.07) is 3.98. The summed E-state index contributed by atoms with van der Waals surface area (Å²) in [6.07, 6.45) is 0. The Bertz CT molecular complexity index is 524. The first kappa shape index (κ1) is 19.6. The third kappa shape index (κ3) is 6.27. The van der Waals surface area contributed by atoms with Crippen LogP contribution in [0.1, 0.15) is 19.4 Å². The molecule has 0 saturated heterocycles. The quantitative estimate of drug-likeness (QED) is 0.530. The van der Waals surface area contributed by atoms with Crippen molar-refractivity contribution in [3.8, 4) is 11.5 Å². The predicted molar refractivity (Wildman–Crippen MR) is 96.5 cm³/mol. The third-order valence-electron chi connectivity index (χ3n) is 3.10. The monoisotopic (exact) mass is 387 g/mol. The zero-order valence-electron chi connectivity index (χ0n) is 14.4. The number of rotatable bonds is 8. The highest BCUT2D eigenvalue weighted by molar-refractivity contribution is 9.10. The average Bonchev–Trinajstić information content (AvgIpc) is 2.53. The van der Waals surface area contributed by atoms with E-state index in [-0.39, 0.29) is 6.04 Å². The van der Waals surface area contributed by atoms with Crippen LogP contribution in [0.3, 0.4) is 0 Å². The van der Waals surface area contributed by atoms with Crippen LogP contribution in [0.15, 0.2) is 21.6 Å². The zero-order chi connectivity index (χ0) is 17.2. The molecule has 1 atom stereocenters.